The van der Waals surface area contributed by atoms with Gasteiger partial charge in [-0.05, 0) is 63.2 Å². The number of nitrogens with zero attached hydrogens (tertiary/aromatic N) is 3. The van der Waals surface area contributed by atoms with Crippen LogP contribution < -0.4 is 19.5 Å². The molecule has 3 atom stereocenters. The fraction of sp³-hybridized carbons (Fsp3) is 0.433. The van der Waals surface area contributed by atoms with Crippen molar-refractivity contribution in [1.29, 1.82) is 0 Å². The number of sulfonamides is 1. The molecule has 238 valence electrons. The summed E-state index contributed by atoms with van der Waals surface area (Å²) in [7, 11) is -0.821. The molecule has 3 aromatic rings. The number of fused-ring (bicyclic) bond motifs is 1. The predicted octanol–water partition coefficient (Wildman–Crippen LogP) is 3.41. The number of likely N-dealkylation sites (N-methyl/N-ethyl adjacent to an activating group) is 1. The van der Waals surface area contributed by atoms with E-state index < -0.39 is 22.2 Å². The molecule has 0 saturated heterocycles. The van der Waals surface area contributed by atoms with Crippen LogP contribution in [0.2, 0.25) is 0 Å². The fourth-order valence-corrected chi connectivity index (χ4v) is 6.40. The summed E-state index contributed by atoms with van der Waals surface area (Å²) in [4.78, 5) is 29.6. The van der Waals surface area contributed by atoms with Crippen molar-refractivity contribution in [3.8, 4) is 11.5 Å². The van der Waals surface area contributed by atoms with Crippen molar-refractivity contribution in [3.63, 3.8) is 0 Å². The van der Waals surface area contributed by atoms with E-state index >= 15 is 0 Å². The number of carbonyl (C=O) groups is 2. The first kappa shape index (κ1) is 32.6. The molecule has 1 aliphatic rings. The second-order valence-electron chi connectivity index (χ2n) is 11.0. The zero-order valence-corrected chi connectivity index (χ0v) is 26.5. The van der Waals surface area contributed by atoms with Crippen LogP contribution in [-0.2, 0) is 21.2 Å². The number of amides is 3. The molecule has 13 nitrogen and oxygen atoms in total. The topological polar surface area (TPSA) is 164 Å². The minimum absolute atomic E-state index is 0.0545. The first-order valence-electron chi connectivity index (χ1n) is 14.1. The molecule has 1 aromatic heterocycles. The highest BCUT2D eigenvalue weighted by atomic mass is 32.2. The Morgan fingerprint density at radius 3 is 2.50 bits per heavy atom. The molecule has 44 heavy (non-hydrogen) atoms. The van der Waals surface area contributed by atoms with Crippen LogP contribution in [-0.4, -0.2) is 86.4 Å². The van der Waals surface area contributed by atoms with Crippen LogP contribution in [0.4, 0.5) is 16.2 Å². The van der Waals surface area contributed by atoms with Crippen LogP contribution in [0, 0.1) is 19.8 Å². The molecule has 2 heterocycles. The molecule has 2 aromatic carbocycles. The second-order valence-corrected chi connectivity index (χ2v) is 12.6. The number of aryl methyl sites for hydroxylation is 2. The first-order valence-corrected chi connectivity index (χ1v) is 15.6. The number of methoxy groups -OCH3 is 1. The van der Waals surface area contributed by atoms with Gasteiger partial charge in [0.05, 0.1) is 32.7 Å². The zero-order chi connectivity index (χ0) is 32.2. The Morgan fingerprint density at radius 2 is 1.89 bits per heavy atom. The maximum atomic E-state index is 13.5. The molecule has 3 N–H and O–H groups in total. The third kappa shape index (κ3) is 7.42. The smallest absolute Gasteiger partial charge is 0.321 e. The third-order valence-electron chi connectivity index (χ3n) is 7.55. The number of hydrogen-bond donors (Lipinski definition) is 3. The van der Waals surface area contributed by atoms with E-state index in [-0.39, 0.29) is 66.0 Å². The summed E-state index contributed by atoms with van der Waals surface area (Å²) in [6.07, 6.45) is -0.641. The minimum atomic E-state index is -4.03. The van der Waals surface area contributed by atoms with Crippen molar-refractivity contribution in [2.24, 2.45) is 5.92 Å². The summed E-state index contributed by atoms with van der Waals surface area (Å²) >= 11 is 0. The lowest BCUT2D eigenvalue weighted by Crippen LogP contribution is -2.48. The largest absolute Gasteiger partial charge is 0.497 e. The van der Waals surface area contributed by atoms with Crippen LogP contribution >= 0.6 is 0 Å². The summed E-state index contributed by atoms with van der Waals surface area (Å²) < 4.78 is 45.5. The summed E-state index contributed by atoms with van der Waals surface area (Å²) in [5.74, 6) is 0.714. The molecule has 0 aliphatic carbocycles. The van der Waals surface area contributed by atoms with Gasteiger partial charge >= 0.3 is 6.03 Å². The molecule has 0 unspecified atom stereocenters. The van der Waals surface area contributed by atoms with E-state index in [1.165, 1.54) is 18.7 Å². The molecule has 0 bridgehead atoms. The van der Waals surface area contributed by atoms with Crippen LogP contribution in [0.5, 0.6) is 11.5 Å². The molecule has 4 rings (SSSR count). The van der Waals surface area contributed by atoms with Gasteiger partial charge < -0.3 is 34.2 Å². The summed E-state index contributed by atoms with van der Waals surface area (Å²) in [6, 6.07) is 10.8. The number of carbonyl (C=O) groups excluding carboxylic acids is 2. The van der Waals surface area contributed by atoms with Crippen molar-refractivity contribution in [3.05, 3.63) is 59.5 Å². The van der Waals surface area contributed by atoms with Crippen LogP contribution in [0.15, 0.2) is 51.9 Å². The number of rotatable bonds is 9. The lowest BCUT2D eigenvalue weighted by atomic mass is 10.0. The maximum absolute atomic E-state index is 13.5. The number of aliphatic hydroxyl groups excluding tert-OH is 1. The fourth-order valence-electron chi connectivity index (χ4n) is 5.02. The lowest BCUT2D eigenvalue weighted by Gasteiger charge is -2.34. The Labute approximate surface area is 257 Å². The van der Waals surface area contributed by atoms with E-state index in [1.807, 2.05) is 6.92 Å². The summed E-state index contributed by atoms with van der Waals surface area (Å²) in [5, 5.41) is 16.5. The maximum Gasteiger partial charge on any atom is 0.321 e. The SMILES string of the molecule is COc1ccc(NC(=O)N(C)C[C@@H]2Oc3ccc(NS(=O)(=O)c4c(C)noc4C)cc3CC(=O)N([C@@H](C)CO)C[C@@H]2C)cc1. The van der Waals surface area contributed by atoms with Crippen molar-refractivity contribution < 1.29 is 37.1 Å². The van der Waals surface area contributed by atoms with Gasteiger partial charge in [-0.15, -0.1) is 0 Å². The second kappa shape index (κ2) is 13.6. The Balaban J connectivity index is 1.61. The molecule has 1 aliphatic heterocycles. The third-order valence-corrected chi connectivity index (χ3v) is 9.17. The number of urea groups is 1. The van der Waals surface area contributed by atoms with Gasteiger partial charge in [-0.3, -0.25) is 9.52 Å². The lowest BCUT2D eigenvalue weighted by molar-refractivity contribution is -0.134. The van der Waals surface area contributed by atoms with Crippen LogP contribution in [0.1, 0.15) is 30.9 Å². The van der Waals surface area contributed by atoms with E-state index in [2.05, 4.69) is 15.2 Å². The molecule has 0 fully saturated rings. The monoisotopic (exact) mass is 629 g/mol. The normalized spacial score (nSPS) is 17.8. The van der Waals surface area contributed by atoms with Crippen molar-refractivity contribution in [1.82, 2.24) is 15.0 Å². The average Bonchev–Trinajstić information content (AvgIpc) is 3.35. The van der Waals surface area contributed by atoms with Crippen LogP contribution in [0.25, 0.3) is 0 Å². The Bertz CT molecular complexity index is 1570. The van der Waals surface area contributed by atoms with Gasteiger partial charge in [0.2, 0.25) is 5.91 Å². The summed E-state index contributed by atoms with van der Waals surface area (Å²) in [5.41, 5.74) is 1.49. The number of nitrogens with one attached hydrogen (secondary N) is 2. The Hall–Kier alpha value is -4.30. The highest BCUT2D eigenvalue weighted by Crippen LogP contribution is 2.31. The van der Waals surface area contributed by atoms with Crippen molar-refractivity contribution in [2.75, 3.05) is 43.9 Å². The molecule has 0 spiro atoms. The Kier molecular flexibility index (Phi) is 10.0. The van der Waals surface area contributed by atoms with Gasteiger partial charge in [0.1, 0.15) is 23.3 Å². The minimum Gasteiger partial charge on any atom is -0.497 e. The quantitative estimate of drug-likeness (QED) is 0.322. The predicted molar refractivity (Wildman–Crippen MR) is 163 cm³/mol. The first-order chi connectivity index (χ1) is 20.8. The highest BCUT2D eigenvalue weighted by Gasteiger charge is 2.32. The standard InChI is InChI=1S/C30H39N5O8S/c1-18-15-35(19(2)17-36)28(37)14-22-13-24(33-44(39,40)29-20(3)32-43-21(29)4)9-12-26(22)42-27(18)16-34(5)30(38)31-23-7-10-25(41-6)11-8-23/h7-13,18-19,27,33,36H,14-17H2,1-6H3,(H,31,38)/t18-,19-,27-/m0/s1. The molecule has 3 amide bonds. The molecule has 0 radical (unpaired) electrons. The number of ether oxygens (including phenoxy) is 2. The van der Waals surface area contributed by atoms with E-state index in [0.717, 1.165) is 0 Å². The number of aromatic nitrogens is 1. The highest BCUT2D eigenvalue weighted by molar-refractivity contribution is 7.92. The molecule has 0 saturated carbocycles. The van der Waals surface area contributed by atoms with E-state index in [4.69, 9.17) is 14.0 Å². The van der Waals surface area contributed by atoms with Gasteiger partial charge in [0, 0.05) is 36.4 Å². The van der Waals surface area contributed by atoms with Gasteiger partial charge in [-0.2, -0.15) is 0 Å². The summed E-state index contributed by atoms with van der Waals surface area (Å²) in [6.45, 7) is 6.93. The zero-order valence-electron chi connectivity index (χ0n) is 25.7. The number of hydrogen-bond acceptors (Lipinski definition) is 9. The van der Waals surface area contributed by atoms with Crippen molar-refractivity contribution >= 4 is 33.3 Å². The van der Waals surface area contributed by atoms with E-state index in [0.29, 0.717) is 22.7 Å². The molecule has 14 heteroatoms. The average molecular weight is 630 g/mol. The Morgan fingerprint density at radius 1 is 1.20 bits per heavy atom. The number of anilines is 2. The van der Waals surface area contributed by atoms with Gasteiger partial charge in [-0.25, -0.2) is 13.2 Å². The molecular weight excluding hydrogens is 590 g/mol. The number of benzene rings is 2. The van der Waals surface area contributed by atoms with Gasteiger partial charge in [-0.1, -0.05) is 12.1 Å². The van der Waals surface area contributed by atoms with Gasteiger partial charge in [0.15, 0.2) is 10.7 Å². The van der Waals surface area contributed by atoms with E-state index in [1.54, 1.807) is 68.4 Å². The number of aliphatic hydroxyl groups is 1. The van der Waals surface area contributed by atoms with Crippen LogP contribution in [0.3, 0.4) is 0 Å². The van der Waals surface area contributed by atoms with Gasteiger partial charge in [0.25, 0.3) is 10.0 Å². The molecular formula is C30H39N5O8S. The van der Waals surface area contributed by atoms with E-state index in [9.17, 15) is 23.1 Å². The van der Waals surface area contributed by atoms with Crippen molar-refractivity contribution in [2.45, 2.75) is 51.2 Å².